The summed E-state index contributed by atoms with van der Waals surface area (Å²) in [6.07, 6.45) is -4.84. The Hall–Kier alpha value is -1.92. The summed E-state index contributed by atoms with van der Waals surface area (Å²) < 4.78 is 44.0. The highest BCUT2D eigenvalue weighted by molar-refractivity contribution is 5.68. The normalized spacial score (nSPS) is 10.9. The van der Waals surface area contributed by atoms with E-state index in [4.69, 9.17) is 5.11 Å². The van der Waals surface area contributed by atoms with Crippen molar-refractivity contribution in [3.63, 3.8) is 0 Å². The number of hydrogen-bond acceptors (Lipinski definition) is 3. The van der Waals surface area contributed by atoms with E-state index in [0.29, 0.717) is 0 Å². The molecular formula is C9H7F3O4. The average Bonchev–Trinajstić information content (AvgIpc) is 2.14. The van der Waals surface area contributed by atoms with Gasteiger partial charge in [-0.05, 0) is 12.1 Å². The molecule has 0 heterocycles. The minimum absolute atomic E-state index is 0.276. The van der Waals surface area contributed by atoms with E-state index in [-0.39, 0.29) is 5.75 Å². The number of carbonyl (C=O) groups is 1. The Morgan fingerprint density at radius 1 is 1.25 bits per heavy atom. The predicted molar refractivity (Wildman–Crippen MR) is 46.3 cm³/mol. The van der Waals surface area contributed by atoms with Crippen molar-refractivity contribution in [1.29, 1.82) is 0 Å². The van der Waals surface area contributed by atoms with Gasteiger partial charge >= 0.3 is 12.3 Å². The maximum Gasteiger partial charge on any atom is 0.573 e. The van der Waals surface area contributed by atoms with E-state index in [1.807, 2.05) is 0 Å². The zero-order chi connectivity index (χ0) is 12.2. The van der Waals surface area contributed by atoms with Crippen molar-refractivity contribution in [1.82, 2.24) is 0 Å². The number of aliphatic carboxylic acids is 1. The van der Waals surface area contributed by atoms with Gasteiger partial charge in [0.25, 0.3) is 0 Å². The van der Waals surface area contributed by atoms with E-state index >= 15 is 0 Å². The topological polar surface area (TPSA) is 55.8 Å². The quantitative estimate of drug-likeness (QED) is 0.869. The number of halogens is 3. The van der Waals surface area contributed by atoms with Crippen LogP contribution in [0.15, 0.2) is 24.3 Å². The monoisotopic (exact) mass is 236 g/mol. The van der Waals surface area contributed by atoms with Crippen LogP contribution in [0.4, 0.5) is 13.2 Å². The third-order valence-electron chi connectivity index (χ3n) is 1.43. The van der Waals surface area contributed by atoms with Crippen molar-refractivity contribution in [2.75, 3.05) is 6.61 Å². The molecule has 0 atom stereocenters. The first-order valence-electron chi connectivity index (χ1n) is 4.08. The fraction of sp³-hybridized carbons (Fsp3) is 0.222. The van der Waals surface area contributed by atoms with Gasteiger partial charge in [-0.15, -0.1) is 13.2 Å². The largest absolute Gasteiger partial charge is 0.573 e. The second-order valence-electron chi connectivity index (χ2n) is 2.68. The molecule has 0 spiro atoms. The van der Waals surface area contributed by atoms with Gasteiger partial charge in [0.15, 0.2) is 18.1 Å². The molecule has 0 amide bonds. The van der Waals surface area contributed by atoms with Crippen LogP contribution in [-0.4, -0.2) is 24.0 Å². The van der Waals surface area contributed by atoms with Crippen LogP contribution >= 0.6 is 0 Å². The fourth-order valence-corrected chi connectivity index (χ4v) is 0.918. The molecule has 1 N–H and O–H groups in total. The lowest BCUT2D eigenvalue weighted by Crippen LogP contribution is -2.18. The van der Waals surface area contributed by atoms with Crippen molar-refractivity contribution in [3.05, 3.63) is 24.3 Å². The number of alkyl halides is 3. The predicted octanol–water partition coefficient (Wildman–Crippen LogP) is 2.05. The summed E-state index contributed by atoms with van der Waals surface area (Å²) in [5, 5.41) is 8.31. The molecule has 1 aromatic rings. The van der Waals surface area contributed by atoms with Crippen molar-refractivity contribution < 1.29 is 32.5 Å². The Labute approximate surface area is 88.2 Å². The summed E-state index contributed by atoms with van der Waals surface area (Å²) in [4.78, 5) is 10.2. The van der Waals surface area contributed by atoms with Crippen LogP contribution in [0.2, 0.25) is 0 Å². The second kappa shape index (κ2) is 4.73. The molecular weight excluding hydrogens is 229 g/mol. The number of hydrogen-bond donors (Lipinski definition) is 1. The first-order valence-corrected chi connectivity index (χ1v) is 4.08. The van der Waals surface area contributed by atoms with Gasteiger partial charge in [0.2, 0.25) is 0 Å². The Morgan fingerprint density at radius 3 is 2.31 bits per heavy atom. The Kier molecular flexibility index (Phi) is 3.60. The van der Waals surface area contributed by atoms with Gasteiger partial charge < -0.3 is 14.6 Å². The number of carboxylic acids is 1. The minimum atomic E-state index is -4.84. The standard InChI is InChI=1S/C9H7F3O4/c10-9(11,12)16-7-4-2-1-3-6(7)15-5-8(13)14/h1-4H,5H2,(H,13,14). The number of carboxylic acid groups (broad SMARTS) is 1. The molecule has 0 saturated heterocycles. The lowest BCUT2D eigenvalue weighted by molar-refractivity contribution is -0.275. The number of ether oxygens (including phenoxy) is 2. The van der Waals surface area contributed by atoms with Crippen LogP contribution in [0.1, 0.15) is 0 Å². The van der Waals surface area contributed by atoms with Gasteiger partial charge in [-0.3, -0.25) is 0 Å². The summed E-state index contributed by atoms with van der Waals surface area (Å²) in [5.74, 6) is -2.14. The smallest absolute Gasteiger partial charge is 0.479 e. The van der Waals surface area contributed by atoms with Crippen LogP contribution in [0.3, 0.4) is 0 Å². The molecule has 88 valence electrons. The molecule has 0 aliphatic rings. The molecule has 1 aromatic carbocycles. The van der Waals surface area contributed by atoms with Crippen molar-refractivity contribution in [2.45, 2.75) is 6.36 Å². The van der Waals surface area contributed by atoms with Gasteiger partial charge in [-0.25, -0.2) is 4.79 Å². The van der Waals surface area contributed by atoms with Gasteiger partial charge in [0.1, 0.15) is 0 Å². The van der Waals surface area contributed by atoms with Gasteiger partial charge in [0, 0.05) is 0 Å². The molecule has 1 rings (SSSR count). The highest BCUT2D eigenvalue weighted by Gasteiger charge is 2.32. The first-order chi connectivity index (χ1) is 7.38. The molecule has 0 aliphatic heterocycles. The van der Waals surface area contributed by atoms with Gasteiger partial charge in [-0.2, -0.15) is 0 Å². The van der Waals surface area contributed by atoms with E-state index in [9.17, 15) is 18.0 Å². The van der Waals surface area contributed by atoms with Crippen LogP contribution < -0.4 is 9.47 Å². The Bertz CT molecular complexity index is 375. The SMILES string of the molecule is O=C(O)COc1ccccc1OC(F)(F)F. The van der Waals surface area contributed by atoms with Crippen LogP contribution in [-0.2, 0) is 4.79 Å². The molecule has 0 bridgehead atoms. The lowest BCUT2D eigenvalue weighted by atomic mass is 10.3. The highest BCUT2D eigenvalue weighted by Crippen LogP contribution is 2.31. The zero-order valence-electron chi connectivity index (χ0n) is 7.82. The van der Waals surface area contributed by atoms with Crippen LogP contribution in [0, 0.1) is 0 Å². The van der Waals surface area contributed by atoms with Gasteiger partial charge in [0.05, 0.1) is 0 Å². The summed E-state index contributed by atoms with van der Waals surface area (Å²) >= 11 is 0. The van der Waals surface area contributed by atoms with Crippen LogP contribution in [0.25, 0.3) is 0 Å². The van der Waals surface area contributed by atoms with E-state index in [1.165, 1.54) is 18.2 Å². The van der Waals surface area contributed by atoms with Crippen molar-refractivity contribution >= 4 is 5.97 Å². The molecule has 16 heavy (non-hydrogen) atoms. The third kappa shape index (κ3) is 4.07. The fourth-order valence-electron chi connectivity index (χ4n) is 0.918. The molecule has 0 fully saturated rings. The maximum atomic E-state index is 11.9. The van der Waals surface area contributed by atoms with E-state index < -0.39 is 24.7 Å². The summed E-state index contributed by atoms with van der Waals surface area (Å²) in [6.45, 7) is -0.738. The number of benzene rings is 1. The molecule has 0 radical (unpaired) electrons. The van der Waals surface area contributed by atoms with E-state index in [0.717, 1.165) is 6.07 Å². The van der Waals surface area contributed by atoms with Crippen molar-refractivity contribution in [2.24, 2.45) is 0 Å². The van der Waals surface area contributed by atoms with E-state index in [1.54, 1.807) is 0 Å². The highest BCUT2D eigenvalue weighted by atomic mass is 19.4. The third-order valence-corrected chi connectivity index (χ3v) is 1.43. The van der Waals surface area contributed by atoms with E-state index in [2.05, 4.69) is 9.47 Å². The summed E-state index contributed by atoms with van der Waals surface area (Å²) in [5.41, 5.74) is 0. The van der Waals surface area contributed by atoms with Gasteiger partial charge in [-0.1, -0.05) is 12.1 Å². The molecule has 0 aliphatic carbocycles. The molecule has 7 heteroatoms. The summed E-state index contributed by atoms with van der Waals surface area (Å²) in [7, 11) is 0. The number of rotatable bonds is 4. The lowest BCUT2D eigenvalue weighted by Gasteiger charge is -2.12. The molecule has 4 nitrogen and oxygen atoms in total. The first kappa shape index (κ1) is 12.2. The number of para-hydroxylation sites is 2. The van der Waals surface area contributed by atoms with Crippen molar-refractivity contribution in [3.8, 4) is 11.5 Å². The molecule has 0 aromatic heterocycles. The zero-order valence-corrected chi connectivity index (χ0v) is 7.82. The Morgan fingerprint density at radius 2 is 1.81 bits per heavy atom. The summed E-state index contributed by atoms with van der Waals surface area (Å²) in [6, 6.07) is 4.93. The Balaban J connectivity index is 2.79. The second-order valence-corrected chi connectivity index (χ2v) is 2.68. The minimum Gasteiger partial charge on any atom is -0.479 e. The average molecular weight is 236 g/mol. The van der Waals surface area contributed by atoms with Crippen LogP contribution in [0.5, 0.6) is 11.5 Å². The molecule has 0 saturated carbocycles. The molecule has 0 unspecified atom stereocenters. The maximum absolute atomic E-state index is 11.9.